The fourth-order valence-electron chi connectivity index (χ4n) is 2.60. The van der Waals surface area contributed by atoms with Crippen molar-refractivity contribution >= 4 is 15.9 Å². The number of aryl methyl sites for hydroxylation is 1. The Morgan fingerprint density at radius 2 is 1.54 bits per heavy atom. The van der Waals surface area contributed by atoms with Crippen LogP contribution in [0.3, 0.4) is 0 Å². The number of nitriles is 1. The highest BCUT2D eigenvalue weighted by Crippen LogP contribution is 2.23. The standard InChI is InChI=1S/C21H14FNO4S/c1-14-12-15(13-23)2-11-20(14)28(25,26)27-19-9-5-17(6-10-19)21(24)16-3-7-18(22)8-4-16/h2-12H,1H3. The first-order valence-corrected chi connectivity index (χ1v) is 9.56. The molecule has 0 atom stereocenters. The van der Waals surface area contributed by atoms with E-state index in [0.717, 1.165) is 0 Å². The average Bonchev–Trinajstić information content (AvgIpc) is 2.68. The summed E-state index contributed by atoms with van der Waals surface area (Å²) in [5, 5.41) is 8.88. The molecule has 140 valence electrons. The lowest BCUT2D eigenvalue weighted by molar-refractivity contribution is 0.103. The summed E-state index contributed by atoms with van der Waals surface area (Å²) in [7, 11) is -4.10. The largest absolute Gasteiger partial charge is 0.379 e. The molecule has 0 N–H and O–H groups in total. The lowest BCUT2D eigenvalue weighted by atomic mass is 10.0. The molecule has 0 aromatic heterocycles. The first-order chi connectivity index (χ1) is 13.3. The Morgan fingerprint density at radius 1 is 0.964 bits per heavy atom. The molecule has 5 nitrogen and oxygen atoms in total. The predicted molar refractivity (Wildman–Crippen MR) is 100.0 cm³/mol. The van der Waals surface area contributed by atoms with E-state index < -0.39 is 15.9 Å². The number of rotatable bonds is 5. The summed E-state index contributed by atoms with van der Waals surface area (Å²) in [5.74, 6) is -0.722. The predicted octanol–water partition coefficient (Wildman–Crippen LogP) is 4.00. The minimum atomic E-state index is -4.10. The summed E-state index contributed by atoms with van der Waals surface area (Å²) in [6, 6.07) is 16.8. The van der Waals surface area contributed by atoms with Crippen LogP contribution in [0.15, 0.2) is 71.6 Å². The van der Waals surface area contributed by atoms with E-state index in [0.29, 0.717) is 22.3 Å². The molecule has 0 bridgehead atoms. The van der Waals surface area contributed by atoms with E-state index in [2.05, 4.69) is 0 Å². The second-order valence-corrected chi connectivity index (χ2v) is 7.50. The number of nitrogens with zero attached hydrogens (tertiary/aromatic N) is 1. The molecule has 3 aromatic rings. The highest BCUT2D eigenvalue weighted by atomic mass is 32.2. The van der Waals surface area contributed by atoms with Gasteiger partial charge in [-0.3, -0.25) is 4.79 Å². The van der Waals surface area contributed by atoms with Crippen LogP contribution < -0.4 is 4.18 Å². The van der Waals surface area contributed by atoms with Gasteiger partial charge in [-0.2, -0.15) is 13.7 Å². The third kappa shape index (κ3) is 4.08. The van der Waals surface area contributed by atoms with Crippen LogP contribution in [0.5, 0.6) is 5.75 Å². The van der Waals surface area contributed by atoms with Gasteiger partial charge in [0.2, 0.25) is 0 Å². The van der Waals surface area contributed by atoms with Gasteiger partial charge in [0.15, 0.2) is 5.78 Å². The van der Waals surface area contributed by atoms with Crippen molar-refractivity contribution in [2.75, 3.05) is 0 Å². The first kappa shape index (κ1) is 19.3. The van der Waals surface area contributed by atoms with E-state index in [1.54, 1.807) is 6.92 Å². The maximum Gasteiger partial charge on any atom is 0.339 e. The zero-order chi connectivity index (χ0) is 20.3. The molecule has 3 rings (SSSR count). The molecule has 0 saturated carbocycles. The van der Waals surface area contributed by atoms with Gasteiger partial charge in [-0.1, -0.05) is 0 Å². The molecule has 0 amide bonds. The molecule has 0 heterocycles. The summed E-state index contributed by atoms with van der Waals surface area (Å²) in [5.41, 5.74) is 1.36. The number of carbonyl (C=O) groups excluding carboxylic acids is 1. The lowest BCUT2D eigenvalue weighted by Gasteiger charge is -2.10. The van der Waals surface area contributed by atoms with Crippen LogP contribution in [-0.2, 0) is 10.1 Å². The number of halogens is 1. The number of ketones is 1. The van der Waals surface area contributed by atoms with E-state index in [1.165, 1.54) is 66.7 Å². The molecule has 0 fully saturated rings. The quantitative estimate of drug-likeness (QED) is 0.481. The van der Waals surface area contributed by atoms with Gasteiger partial charge in [-0.25, -0.2) is 4.39 Å². The average molecular weight is 395 g/mol. The van der Waals surface area contributed by atoms with E-state index in [9.17, 15) is 17.6 Å². The van der Waals surface area contributed by atoms with Crippen molar-refractivity contribution < 1.29 is 21.8 Å². The van der Waals surface area contributed by atoms with E-state index in [1.807, 2.05) is 6.07 Å². The monoisotopic (exact) mass is 395 g/mol. The fraction of sp³-hybridized carbons (Fsp3) is 0.0476. The van der Waals surface area contributed by atoms with E-state index in [-0.39, 0.29) is 16.4 Å². The van der Waals surface area contributed by atoms with Crippen molar-refractivity contribution in [1.29, 1.82) is 5.26 Å². The number of benzene rings is 3. The summed E-state index contributed by atoms with van der Waals surface area (Å²) >= 11 is 0. The molecule has 0 aliphatic rings. The highest BCUT2D eigenvalue weighted by Gasteiger charge is 2.20. The van der Waals surface area contributed by atoms with Crippen LogP contribution >= 0.6 is 0 Å². The third-order valence-corrected chi connectivity index (χ3v) is 5.41. The zero-order valence-corrected chi connectivity index (χ0v) is 15.5. The van der Waals surface area contributed by atoms with Gasteiger partial charge in [0.05, 0.1) is 11.6 Å². The van der Waals surface area contributed by atoms with Crippen LogP contribution in [0.2, 0.25) is 0 Å². The fourth-order valence-corrected chi connectivity index (χ4v) is 3.74. The molecule has 0 aliphatic heterocycles. The maximum absolute atomic E-state index is 13.0. The third-order valence-electron chi connectivity index (χ3n) is 4.00. The Hall–Kier alpha value is -3.50. The molecule has 0 spiro atoms. The second-order valence-electron chi connectivity index (χ2n) is 5.99. The van der Waals surface area contributed by atoms with Crippen LogP contribution in [0.4, 0.5) is 4.39 Å². The van der Waals surface area contributed by atoms with Crippen LogP contribution in [0.25, 0.3) is 0 Å². The lowest BCUT2D eigenvalue weighted by Crippen LogP contribution is -2.11. The van der Waals surface area contributed by atoms with Crippen LogP contribution in [-0.4, -0.2) is 14.2 Å². The van der Waals surface area contributed by atoms with Gasteiger partial charge in [0.1, 0.15) is 16.5 Å². The van der Waals surface area contributed by atoms with Crippen molar-refractivity contribution in [1.82, 2.24) is 0 Å². The Bertz CT molecular complexity index is 1180. The van der Waals surface area contributed by atoms with Gasteiger partial charge in [0.25, 0.3) is 0 Å². The minimum absolute atomic E-state index is 0.0411. The molecule has 7 heteroatoms. The molecule has 0 aliphatic carbocycles. The number of hydrogen-bond donors (Lipinski definition) is 0. The Kier molecular flexibility index (Phi) is 5.25. The van der Waals surface area contributed by atoms with Gasteiger partial charge < -0.3 is 4.18 Å². The van der Waals surface area contributed by atoms with E-state index in [4.69, 9.17) is 9.44 Å². The Labute approximate surface area is 161 Å². The summed E-state index contributed by atoms with van der Waals surface area (Å²) < 4.78 is 43.1. The van der Waals surface area contributed by atoms with Crippen molar-refractivity contribution in [2.45, 2.75) is 11.8 Å². The van der Waals surface area contributed by atoms with Crippen molar-refractivity contribution in [3.05, 3.63) is 94.8 Å². The van der Waals surface area contributed by atoms with Gasteiger partial charge in [-0.15, -0.1) is 0 Å². The molecule has 0 saturated heterocycles. The topological polar surface area (TPSA) is 84.2 Å². The molecular formula is C21H14FNO4S. The normalized spacial score (nSPS) is 10.9. The van der Waals surface area contributed by atoms with Crippen molar-refractivity contribution in [3.8, 4) is 11.8 Å². The molecular weight excluding hydrogens is 381 g/mol. The summed E-state index contributed by atoms with van der Waals surface area (Å²) in [6.07, 6.45) is 0. The molecule has 0 radical (unpaired) electrons. The molecule has 28 heavy (non-hydrogen) atoms. The Balaban J connectivity index is 1.81. The van der Waals surface area contributed by atoms with Gasteiger partial charge in [0, 0.05) is 11.1 Å². The number of carbonyl (C=O) groups is 1. The van der Waals surface area contributed by atoms with Gasteiger partial charge in [-0.05, 0) is 79.2 Å². The van der Waals surface area contributed by atoms with Crippen molar-refractivity contribution in [2.24, 2.45) is 0 Å². The molecule has 3 aromatic carbocycles. The van der Waals surface area contributed by atoms with E-state index >= 15 is 0 Å². The van der Waals surface area contributed by atoms with Crippen molar-refractivity contribution in [3.63, 3.8) is 0 Å². The highest BCUT2D eigenvalue weighted by molar-refractivity contribution is 7.87. The van der Waals surface area contributed by atoms with Crippen LogP contribution in [0, 0.1) is 24.1 Å². The smallest absolute Gasteiger partial charge is 0.339 e. The molecule has 0 unspecified atom stereocenters. The summed E-state index contributed by atoms with van der Waals surface area (Å²) in [4.78, 5) is 12.3. The summed E-state index contributed by atoms with van der Waals surface area (Å²) in [6.45, 7) is 1.57. The minimum Gasteiger partial charge on any atom is -0.379 e. The first-order valence-electron chi connectivity index (χ1n) is 8.16. The zero-order valence-electron chi connectivity index (χ0n) is 14.7. The Morgan fingerprint density at radius 3 is 2.07 bits per heavy atom. The number of hydrogen-bond acceptors (Lipinski definition) is 5. The van der Waals surface area contributed by atoms with Crippen LogP contribution in [0.1, 0.15) is 27.0 Å². The SMILES string of the molecule is Cc1cc(C#N)ccc1S(=O)(=O)Oc1ccc(C(=O)c2ccc(F)cc2)cc1. The maximum atomic E-state index is 13.0. The second kappa shape index (κ2) is 7.62. The van der Waals surface area contributed by atoms with Gasteiger partial charge >= 0.3 is 10.1 Å².